The zero-order chi connectivity index (χ0) is 14.0. The van der Waals surface area contributed by atoms with Crippen LogP contribution in [0.5, 0.6) is 0 Å². The van der Waals surface area contributed by atoms with Gasteiger partial charge in [0, 0.05) is 23.2 Å². The van der Waals surface area contributed by atoms with Crippen LogP contribution in [0, 0.1) is 11.7 Å². The van der Waals surface area contributed by atoms with E-state index in [1.54, 1.807) is 6.07 Å². The first-order valence-electron chi connectivity index (χ1n) is 5.79. The minimum absolute atomic E-state index is 0.00559. The Morgan fingerprint density at radius 3 is 3.00 bits per heavy atom. The highest BCUT2D eigenvalue weighted by molar-refractivity contribution is 7.21. The predicted molar refractivity (Wildman–Crippen MR) is 75.4 cm³/mol. The molecule has 2 aromatic rings. The highest BCUT2D eigenvalue weighted by Gasteiger charge is 2.17. The van der Waals surface area contributed by atoms with E-state index in [0.29, 0.717) is 26.5 Å². The summed E-state index contributed by atoms with van der Waals surface area (Å²) < 4.78 is 13.8. The first-order chi connectivity index (χ1) is 9.02. The van der Waals surface area contributed by atoms with Gasteiger partial charge in [0.25, 0.3) is 5.91 Å². The smallest absolute Gasteiger partial charge is 0.262 e. The van der Waals surface area contributed by atoms with Crippen molar-refractivity contribution < 1.29 is 14.3 Å². The Labute approximate surface area is 119 Å². The molecule has 0 saturated heterocycles. The average Bonchev–Trinajstić information content (AvgIpc) is 2.72. The lowest BCUT2D eigenvalue weighted by Gasteiger charge is -2.08. The molecule has 1 atom stereocenters. The summed E-state index contributed by atoms with van der Waals surface area (Å²) >= 11 is 7.29. The number of thiophene rings is 1. The van der Waals surface area contributed by atoms with Crippen LogP contribution in [0.15, 0.2) is 18.2 Å². The van der Waals surface area contributed by atoms with E-state index in [0.717, 1.165) is 11.3 Å². The first-order valence-corrected chi connectivity index (χ1v) is 6.99. The fourth-order valence-electron chi connectivity index (χ4n) is 1.60. The Hall–Kier alpha value is -1.17. The van der Waals surface area contributed by atoms with Crippen LogP contribution < -0.4 is 5.32 Å². The van der Waals surface area contributed by atoms with Crippen LogP contribution in [0.25, 0.3) is 10.1 Å². The van der Waals surface area contributed by atoms with Crippen molar-refractivity contribution in [2.75, 3.05) is 13.2 Å². The molecule has 1 aromatic carbocycles. The van der Waals surface area contributed by atoms with Crippen LogP contribution in [0.3, 0.4) is 0 Å². The van der Waals surface area contributed by atoms with E-state index >= 15 is 0 Å². The summed E-state index contributed by atoms with van der Waals surface area (Å²) in [5, 5.41) is 12.6. The molecule has 1 unspecified atom stereocenters. The molecule has 3 nitrogen and oxygen atoms in total. The molecule has 0 aliphatic carbocycles. The van der Waals surface area contributed by atoms with Crippen molar-refractivity contribution in [1.82, 2.24) is 5.32 Å². The Balaban J connectivity index is 2.25. The lowest BCUT2D eigenvalue weighted by Crippen LogP contribution is -2.29. The molecular formula is C13H13ClFNO2S. The van der Waals surface area contributed by atoms with Gasteiger partial charge in [0.1, 0.15) is 10.7 Å². The van der Waals surface area contributed by atoms with Crippen LogP contribution in [-0.2, 0) is 0 Å². The van der Waals surface area contributed by atoms with Crippen LogP contribution >= 0.6 is 22.9 Å². The summed E-state index contributed by atoms with van der Waals surface area (Å²) in [5.41, 5.74) is 0. The summed E-state index contributed by atoms with van der Waals surface area (Å²) in [4.78, 5) is 12.3. The third-order valence-electron chi connectivity index (χ3n) is 2.72. The van der Waals surface area contributed by atoms with Crippen LogP contribution in [-0.4, -0.2) is 24.2 Å². The van der Waals surface area contributed by atoms with E-state index < -0.39 is 0 Å². The van der Waals surface area contributed by atoms with Gasteiger partial charge in [-0.15, -0.1) is 11.3 Å². The quantitative estimate of drug-likeness (QED) is 0.912. The number of hydrogen-bond acceptors (Lipinski definition) is 3. The molecule has 1 amide bonds. The fraction of sp³-hybridized carbons (Fsp3) is 0.308. The fourth-order valence-corrected chi connectivity index (χ4v) is 3.06. The van der Waals surface area contributed by atoms with Crippen molar-refractivity contribution in [2.24, 2.45) is 5.92 Å². The van der Waals surface area contributed by atoms with Gasteiger partial charge in [-0.25, -0.2) is 4.39 Å². The maximum atomic E-state index is 13.1. The van der Waals surface area contributed by atoms with Gasteiger partial charge in [0.2, 0.25) is 0 Å². The van der Waals surface area contributed by atoms with Gasteiger partial charge in [-0.1, -0.05) is 18.5 Å². The number of carbonyl (C=O) groups is 1. The maximum Gasteiger partial charge on any atom is 0.262 e. The standard InChI is InChI=1S/C13H13ClFNO2S/c1-7(6-17)5-16-13(18)12-11(14)9-3-2-8(15)4-10(9)19-12/h2-4,7,17H,5-6H2,1H3,(H,16,18). The van der Waals surface area contributed by atoms with E-state index in [1.807, 2.05) is 6.92 Å². The third kappa shape index (κ3) is 3.05. The van der Waals surface area contributed by atoms with Crippen LogP contribution in [0.1, 0.15) is 16.6 Å². The summed E-state index contributed by atoms with van der Waals surface area (Å²) in [5.74, 6) is -0.673. The number of aliphatic hydroxyl groups is 1. The van der Waals surface area contributed by atoms with Crippen molar-refractivity contribution in [3.05, 3.63) is 33.9 Å². The SMILES string of the molecule is CC(CO)CNC(=O)c1sc2cc(F)ccc2c1Cl. The van der Waals surface area contributed by atoms with Crippen molar-refractivity contribution in [2.45, 2.75) is 6.92 Å². The largest absolute Gasteiger partial charge is 0.396 e. The van der Waals surface area contributed by atoms with Gasteiger partial charge in [0.15, 0.2) is 0 Å². The van der Waals surface area contributed by atoms with E-state index in [9.17, 15) is 9.18 Å². The normalized spacial score (nSPS) is 12.6. The third-order valence-corrected chi connectivity index (χ3v) is 4.38. The topological polar surface area (TPSA) is 49.3 Å². The molecule has 1 aromatic heterocycles. The molecule has 19 heavy (non-hydrogen) atoms. The Morgan fingerprint density at radius 2 is 2.32 bits per heavy atom. The number of halogens is 2. The molecule has 2 rings (SSSR count). The van der Waals surface area contributed by atoms with E-state index in [4.69, 9.17) is 16.7 Å². The zero-order valence-electron chi connectivity index (χ0n) is 10.2. The molecule has 1 heterocycles. The van der Waals surface area contributed by atoms with Gasteiger partial charge >= 0.3 is 0 Å². The molecule has 0 aliphatic heterocycles. The van der Waals surface area contributed by atoms with Gasteiger partial charge in [-0.3, -0.25) is 4.79 Å². The van der Waals surface area contributed by atoms with Crippen molar-refractivity contribution in [1.29, 1.82) is 0 Å². The van der Waals surface area contributed by atoms with E-state index in [2.05, 4.69) is 5.32 Å². The molecule has 102 valence electrons. The zero-order valence-corrected chi connectivity index (χ0v) is 11.8. The summed E-state index contributed by atoms with van der Waals surface area (Å²) in [6, 6.07) is 4.24. The molecule has 0 fully saturated rings. The maximum absolute atomic E-state index is 13.1. The van der Waals surface area contributed by atoms with Crippen LogP contribution in [0.2, 0.25) is 5.02 Å². The Kier molecular flexibility index (Phi) is 4.39. The number of carbonyl (C=O) groups excluding carboxylic acids is 1. The predicted octanol–water partition coefficient (Wildman–Crippen LogP) is 3.05. The second kappa shape index (κ2) is 5.86. The molecule has 0 spiro atoms. The Morgan fingerprint density at radius 1 is 1.58 bits per heavy atom. The highest BCUT2D eigenvalue weighted by atomic mass is 35.5. The monoisotopic (exact) mass is 301 g/mol. The molecule has 6 heteroatoms. The van der Waals surface area contributed by atoms with Crippen molar-refractivity contribution in [3.8, 4) is 0 Å². The van der Waals surface area contributed by atoms with Gasteiger partial charge < -0.3 is 10.4 Å². The second-order valence-corrected chi connectivity index (χ2v) is 5.81. The van der Waals surface area contributed by atoms with E-state index in [-0.39, 0.29) is 24.2 Å². The molecule has 0 radical (unpaired) electrons. The highest BCUT2D eigenvalue weighted by Crippen LogP contribution is 2.35. The number of nitrogens with one attached hydrogen (secondary N) is 1. The lowest BCUT2D eigenvalue weighted by atomic mass is 10.2. The molecular weight excluding hydrogens is 289 g/mol. The second-order valence-electron chi connectivity index (χ2n) is 4.38. The van der Waals surface area contributed by atoms with Crippen molar-refractivity contribution >= 4 is 38.9 Å². The minimum atomic E-state index is -0.355. The number of amides is 1. The summed E-state index contributed by atoms with van der Waals surface area (Å²) in [6.45, 7) is 2.20. The number of benzene rings is 1. The summed E-state index contributed by atoms with van der Waals surface area (Å²) in [6.07, 6.45) is 0. The minimum Gasteiger partial charge on any atom is -0.396 e. The van der Waals surface area contributed by atoms with Crippen LogP contribution in [0.4, 0.5) is 4.39 Å². The van der Waals surface area contributed by atoms with Gasteiger partial charge in [0.05, 0.1) is 5.02 Å². The lowest BCUT2D eigenvalue weighted by molar-refractivity contribution is 0.0946. The first kappa shape index (κ1) is 14.2. The van der Waals surface area contributed by atoms with Crippen molar-refractivity contribution in [3.63, 3.8) is 0 Å². The van der Waals surface area contributed by atoms with Gasteiger partial charge in [-0.05, 0) is 24.1 Å². The van der Waals surface area contributed by atoms with Gasteiger partial charge in [-0.2, -0.15) is 0 Å². The van der Waals surface area contributed by atoms with E-state index in [1.165, 1.54) is 12.1 Å². The number of rotatable bonds is 4. The number of fused-ring (bicyclic) bond motifs is 1. The molecule has 0 bridgehead atoms. The summed E-state index contributed by atoms with van der Waals surface area (Å²) in [7, 11) is 0. The molecule has 0 saturated carbocycles. The molecule has 0 aliphatic rings. The molecule has 2 N–H and O–H groups in total. The Bertz CT molecular complexity index is 614. The number of hydrogen-bond donors (Lipinski definition) is 2. The number of aliphatic hydroxyl groups excluding tert-OH is 1. The average molecular weight is 302 g/mol.